The van der Waals surface area contributed by atoms with E-state index < -0.39 is 0 Å². The summed E-state index contributed by atoms with van der Waals surface area (Å²) in [7, 11) is 0. The molecule has 0 aliphatic heterocycles. The van der Waals surface area contributed by atoms with E-state index in [0.29, 0.717) is 0 Å². The van der Waals surface area contributed by atoms with Gasteiger partial charge in [-0.15, -0.1) is 0 Å². The molecule has 1 aliphatic carbocycles. The van der Waals surface area contributed by atoms with Gasteiger partial charge < -0.3 is 0 Å². The minimum Gasteiger partial charge on any atom is -0.0683 e. The molecule has 0 nitrogen and oxygen atoms in total. The summed E-state index contributed by atoms with van der Waals surface area (Å²) in [5, 5.41) is 0. The fourth-order valence-electron chi connectivity index (χ4n) is 1.78. The molecule has 0 heterocycles. The molecule has 0 aromatic heterocycles. The molecule has 0 spiro atoms. The van der Waals surface area contributed by atoms with Gasteiger partial charge in [0, 0.05) is 0 Å². The largest absolute Gasteiger partial charge is 0.0683 e. The highest BCUT2D eigenvalue weighted by molar-refractivity contribution is 4.65. The summed E-state index contributed by atoms with van der Waals surface area (Å²) >= 11 is 0. The van der Waals surface area contributed by atoms with Gasteiger partial charge >= 0.3 is 0 Å². The van der Waals surface area contributed by atoms with Crippen LogP contribution in [-0.2, 0) is 0 Å². The molecule has 0 saturated heterocycles. The van der Waals surface area contributed by atoms with Crippen molar-refractivity contribution in [3.8, 4) is 0 Å². The van der Waals surface area contributed by atoms with Crippen LogP contribution < -0.4 is 0 Å². The second kappa shape index (κ2) is 43.1. The van der Waals surface area contributed by atoms with Crippen LogP contribution in [0, 0.1) is 11.8 Å². The normalized spacial score (nSPS) is 17.7. The molecule has 0 N–H and O–H groups in total. The van der Waals surface area contributed by atoms with Gasteiger partial charge in [0.2, 0.25) is 0 Å². The zero-order valence-corrected chi connectivity index (χ0v) is 19.5. The standard InChI is InChI=1S/C8H16.C5H12.C4H10.3C2H6/c1-7-3-5-8(2)6-4-7;1-3-5-4-2;1-3-4-2;3*1-2/h7-8H,3-6H2,1-2H3;3-5H2,1-2H3;3-4H2,1-2H3;3*1-2H3. The maximum absolute atomic E-state index is 2.37. The number of unbranched alkanes of at least 4 members (excludes halogenated alkanes) is 3. The van der Waals surface area contributed by atoms with E-state index in [1.54, 1.807) is 0 Å². The Hall–Kier alpha value is 0. The van der Waals surface area contributed by atoms with E-state index in [0.717, 1.165) is 11.8 Å². The third-order valence-corrected chi connectivity index (χ3v) is 3.51. The fraction of sp³-hybridized carbons (Fsp3) is 1.00. The summed E-state index contributed by atoms with van der Waals surface area (Å²) in [6.45, 7) is 25.5. The lowest BCUT2D eigenvalue weighted by Gasteiger charge is -2.22. The molecule has 1 aliphatic rings. The molecular weight excluding hydrogens is 276 g/mol. The van der Waals surface area contributed by atoms with Crippen molar-refractivity contribution in [3.05, 3.63) is 0 Å². The van der Waals surface area contributed by atoms with Gasteiger partial charge in [0.25, 0.3) is 0 Å². The molecule has 0 unspecified atom stereocenters. The van der Waals surface area contributed by atoms with Gasteiger partial charge in [0.15, 0.2) is 0 Å². The molecule has 0 amide bonds. The summed E-state index contributed by atoms with van der Waals surface area (Å²) in [5.41, 5.74) is 0. The Kier molecular flexibility index (Phi) is 64.4. The number of hydrogen-bond donors (Lipinski definition) is 0. The van der Waals surface area contributed by atoms with Gasteiger partial charge in [-0.25, -0.2) is 0 Å². The van der Waals surface area contributed by atoms with E-state index in [9.17, 15) is 0 Å². The minimum atomic E-state index is 1.02. The van der Waals surface area contributed by atoms with Crippen molar-refractivity contribution in [1.29, 1.82) is 0 Å². The first kappa shape index (κ1) is 34.4. The minimum absolute atomic E-state index is 1.02. The van der Waals surface area contributed by atoms with Crippen molar-refractivity contribution in [2.75, 3.05) is 0 Å². The van der Waals surface area contributed by atoms with E-state index in [1.165, 1.54) is 57.8 Å². The Bertz CT molecular complexity index is 95.2. The van der Waals surface area contributed by atoms with Gasteiger partial charge in [-0.05, 0) is 11.8 Å². The maximum Gasteiger partial charge on any atom is -0.0443 e. The molecule has 1 fully saturated rings. The molecule has 148 valence electrons. The molecule has 0 heteroatoms. The molecule has 0 aromatic carbocycles. The summed E-state index contributed by atoms with van der Waals surface area (Å²) < 4.78 is 0. The lowest BCUT2D eigenvalue weighted by Crippen LogP contribution is -2.08. The van der Waals surface area contributed by atoms with Crippen LogP contribution in [0.3, 0.4) is 0 Å². The average molecular weight is 333 g/mol. The van der Waals surface area contributed by atoms with Crippen molar-refractivity contribution in [2.45, 2.75) is 141 Å². The highest BCUT2D eigenvalue weighted by Gasteiger charge is 2.13. The lowest BCUT2D eigenvalue weighted by atomic mass is 9.84. The second-order valence-electron chi connectivity index (χ2n) is 5.72. The van der Waals surface area contributed by atoms with Crippen LogP contribution in [0.25, 0.3) is 0 Å². The summed E-state index contributed by atoms with van der Waals surface area (Å²) in [6, 6.07) is 0. The van der Waals surface area contributed by atoms with Crippen LogP contribution in [0.2, 0.25) is 0 Å². The van der Waals surface area contributed by atoms with Crippen molar-refractivity contribution in [1.82, 2.24) is 0 Å². The molecule has 1 rings (SSSR count). The number of hydrogen-bond acceptors (Lipinski definition) is 0. The first-order chi connectivity index (χ1) is 11.1. The summed E-state index contributed by atoms with van der Waals surface area (Å²) in [6.07, 6.45) is 12.6. The molecule has 0 aromatic rings. The Morgan fingerprint density at radius 2 is 0.696 bits per heavy atom. The first-order valence-corrected chi connectivity index (χ1v) is 11.1. The number of rotatable bonds is 3. The molecule has 0 bridgehead atoms. The molecule has 0 radical (unpaired) electrons. The second-order valence-corrected chi connectivity index (χ2v) is 5.72. The SMILES string of the molecule is CC.CC.CC.CC1CCC(C)CC1.CCCC.CCCCC. The van der Waals surface area contributed by atoms with E-state index in [1.807, 2.05) is 41.5 Å². The van der Waals surface area contributed by atoms with Crippen molar-refractivity contribution >= 4 is 0 Å². The van der Waals surface area contributed by atoms with Crippen LogP contribution >= 0.6 is 0 Å². The van der Waals surface area contributed by atoms with Crippen LogP contribution in [-0.4, -0.2) is 0 Å². The van der Waals surface area contributed by atoms with Gasteiger partial charge in [-0.2, -0.15) is 0 Å². The van der Waals surface area contributed by atoms with E-state index in [2.05, 4.69) is 41.5 Å². The van der Waals surface area contributed by atoms with E-state index in [4.69, 9.17) is 0 Å². The zero-order valence-electron chi connectivity index (χ0n) is 19.5. The monoisotopic (exact) mass is 332 g/mol. The van der Waals surface area contributed by atoms with Crippen molar-refractivity contribution < 1.29 is 0 Å². The quantitative estimate of drug-likeness (QED) is 0.482. The van der Waals surface area contributed by atoms with Gasteiger partial charge in [-0.3, -0.25) is 0 Å². The maximum atomic E-state index is 2.37. The molecular formula is C23H56. The smallest absolute Gasteiger partial charge is 0.0443 e. The molecule has 0 atom stereocenters. The lowest BCUT2D eigenvalue weighted by molar-refractivity contribution is 0.308. The van der Waals surface area contributed by atoms with Crippen LogP contribution in [0.4, 0.5) is 0 Å². The topological polar surface area (TPSA) is 0 Å². The fourth-order valence-corrected chi connectivity index (χ4v) is 1.78. The predicted octanol–water partition coefficient (Wildman–Crippen LogP) is 9.91. The molecule has 23 heavy (non-hydrogen) atoms. The first-order valence-electron chi connectivity index (χ1n) is 11.1. The predicted molar refractivity (Wildman–Crippen MR) is 117 cm³/mol. The zero-order chi connectivity index (χ0) is 19.5. The summed E-state index contributed by atoms with van der Waals surface area (Å²) in [5.74, 6) is 2.04. The van der Waals surface area contributed by atoms with E-state index >= 15 is 0 Å². The van der Waals surface area contributed by atoms with Crippen LogP contribution in [0.5, 0.6) is 0 Å². The van der Waals surface area contributed by atoms with Gasteiger partial charge in [0.1, 0.15) is 0 Å². The highest BCUT2D eigenvalue weighted by atomic mass is 14.2. The molecule has 1 saturated carbocycles. The average Bonchev–Trinajstić information content (AvgIpc) is 2.64. The Morgan fingerprint density at radius 3 is 0.783 bits per heavy atom. The van der Waals surface area contributed by atoms with Crippen LogP contribution in [0.15, 0.2) is 0 Å². The van der Waals surface area contributed by atoms with E-state index in [-0.39, 0.29) is 0 Å². The summed E-state index contributed by atoms with van der Waals surface area (Å²) in [4.78, 5) is 0. The van der Waals surface area contributed by atoms with Gasteiger partial charge in [0.05, 0.1) is 0 Å². The van der Waals surface area contributed by atoms with Gasteiger partial charge in [-0.1, -0.05) is 141 Å². The Morgan fingerprint density at radius 1 is 0.478 bits per heavy atom. The third kappa shape index (κ3) is 52.1. The van der Waals surface area contributed by atoms with Crippen molar-refractivity contribution in [2.24, 2.45) is 11.8 Å². The third-order valence-electron chi connectivity index (χ3n) is 3.51. The van der Waals surface area contributed by atoms with Crippen molar-refractivity contribution in [3.63, 3.8) is 0 Å². The Balaban J connectivity index is -0.0000000634. The highest BCUT2D eigenvalue weighted by Crippen LogP contribution is 2.27. The Labute approximate surface area is 153 Å². The van der Waals surface area contributed by atoms with Crippen LogP contribution in [0.1, 0.15) is 141 Å².